The van der Waals surface area contributed by atoms with Crippen molar-refractivity contribution >= 4 is 23.7 Å². The van der Waals surface area contributed by atoms with Crippen LogP contribution in [0.1, 0.15) is 11.1 Å². The molecular formula is C14H9F6N3OS. The first-order chi connectivity index (χ1) is 11.6. The van der Waals surface area contributed by atoms with Crippen molar-refractivity contribution in [2.24, 2.45) is 0 Å². The van der Waals surface area contributed by atoms with Crippen LogP contribution in [0.25, 0.3) is 0 Å². The molecule has 2 N–H and O–H groups in total. The van der Waals surface area contributed by atoms with E-state index in [2.05, 4.69) is 9.71 Å². The number of carbonyl (C=O) groups excluding carboxylic acids is 1. The quantitative estimate of drug-likeness (QED) is 0.584. The normalized spacial score (nSPS) is 11.9. The molecule has 25 heavy (non-hydrogen) atoms. The second-order valence-corrected chi connectivity index (χ2v) is 5.45. The number of rotatable bonds is 3. The molecule has 0 saturated heterocycles. The number of nitrogens with one attached hydrogen (secondary N) is 2. The molecule has 0 spiro atoms. The Balaban J connectivity index is 2.16. The number of pyridine rings is 1. The van der Waals surface area contributed by atoms with Crippen LogP contribution in [-0.2, 0) is 12.4 Å². The number of amides is 2. The molecule has 11 heteroatoms. The van der Waals surface area contributed by atoms with Gasteiger partial charge in [-0.3, -0.25) is 4.72 Å². The number of urea groups is 1. The first-order valence-corrected chi connectivity index (χ1v) is 7.32. The van der Waals surface area contributed by atoms with E-state index in [-0.39, 0.29) is 6.07 Å². The third-order valence-electron chi connectivity index (χ3n) is 2.73. The van der Waals surface area contributed by atoms with Gasteiger partial charge in [0.2, 0.25) is 0 Å². The lowest BCUT2D eigenvalue weighted by atomic mass is 10.1. The molecule has 0 aliphatic carbocycles. The molecule has 2 aromatic rings. The lowest BCUT2D eigenvalue weighted by molar-refractivity contribution is -0.143. The molecule has 0 unspecified atom stereocenters. The van der Waals surface area contributed by atoms with Crippen LogP contribution in [0.2, 0.25) is 0 Å². The first kappa shape index (κ1) is 18.9. The number of alkyl halides is 6. The minimum absolute atomic E-state index is 0.0221. The largest absolute Gasteiger partial charge is 0.416 e. The van der Waals surface area contributed by atoms with Crippen LogP contribution in [-0.4, -0.2) is 11.0 Å². The van der Waals surface area contributed by atoms with E-state index in [0.717, 1.165) is 11.9 Å². The van der Waals surface area contributed by atoms with E-state index in [1.54, 1.807) is 18.2 Å². The smallest absolute Gasteiger partial charge is 0.307 e. The zero-order valence-corrected chi connectivity index (χ0v) is 12.9. The highest BCUT2D eigenvalue weighted by Crippen LogP contribution is 2.37. The fourth-order valence-corrected chi connectivity index (χ4v) is 2.20. The molecule has 0 fully saturated rings. The number of halogens is 6. The number of hydrogen-bond acceptors (Lipinski definition) is 3. The molecule has 0 aliphatic rings. The highest BCUT2D eigenvalue weighted by atomic mass is 32.2. The summed E-state index contributed by atoms with van der Waals surface area (Å²) in [5.41, 5.74) is -3.67. The van der Waals surface area contributed by atoms with Crippen molar-refractivity contribution in [2.75, 3.05) is 5.32 Å². The van der Waals surface area contributed by atoms with Gasteiger partial charge in [0.25, 0.3) is 0 Å². The van der Waals surface area contributed by atoms with Gasteiger partial charge in [-0.25, -0.2) is 9.78 Å². The van der Waals surface area contributed by atoms with Gasteiger partial charge in [-0.1, -0.05) is 6.07 Å². The van der Waals surface area contributed by atoms with E-state index in [9.17, 15) is 31.1 Å². The molecule has 4 nitrogen and oxygen atoms in total. The van der Waals surface area contributed by atoms with Crippen molar-refractivity contribution in [3.8, 4) is 0 Å². The highest BCUT2D eigenvalue weighted by molar-refractivity contribution is 7.97. The zero-order chi connectivity index (χ0) is 18.7. The highest BCUT2D eigenvalue weighted by Gasteiger charge is 2.37. The number of carbonyl (C=O) groups is 1. The van der Waals surface area contributed by atoms with Crippen molar-refractivity contribution in [3.63, 3.8) is 0 Å². The fourth-order valence-electron chi connectivity index (χ4n) is 1.69. The van der Waals surface area contributed by atoms with E-state index >= 15 is 0 Å². The molecule has 0 bridgehead atoms. The summed E-state index contributed by atoms with van der Waals surface area (Å²) >= 11 is 0.750. The van der Waals surface area contributed by atoms with Gasteiger partial charge in [0.15, 0.2) is 0 Å². The molecule has 2 amide bonds. The molecule has 0 atom stereocenters. The molecule has 1 aromatic heterocycles. The van der Waals surface area contributed by atoms with E-state index in [1.165, 1.54) is 6.20 Å². The summed E-state index contributed by atoms with van der Waals surface area (Å²) in [6, 6.07) is 4.63. The Morgan fingerprint density at radius 2 is 1.56 bits per heavy atom. The van der Waals surface area contributed by atoms with Crippen molar-refractivity contribution in [2.45, 2.75) is 17.4 Å². The SMILES string of the molecule is O=C(NSc1ccccn1)Nc1cc(C(F)(F)F)cc(C(F)(F)F)c1. The summed E-state index contributed by atoms with van der Waals surface area (Å²) in [4.78, 5) is 15.5. The predicted octanol–water partition coefficient (Wildman–Crippen LogP) is 4.95. The Morgan fingerprint density at radius 3 is 2.04 bits per heavy atom. The topological polar surface area (TPSA) is 54.0 Å². The Kier molecular flexibility index (Phi) is 5.45. The van der Waals surface area contributed by atoms with Crippen LogP contribution in [0.5, 0.6) is 0 Å². The summed E-state index contributed by atoms with van der Waals surface area (Å²) < 4.78 is 78.6. The van der Waals surface area contributed by atoms with Crippen LogP contribution in [0, 0.1) is 0 Å². The molecule has 0 aliphatic heterocycles. The predicted molar refractivity (Wildman–Crippen MR) is 78.7 cm³/mol. The molecule has 0 radical (unpaired) electrons. The summed E-state index contributed by atoms with van der Waals surface area (Å²) in [5.74, 6) is 0. The summed E-state index contributed by atoms with van der Waals surface area (Å²) in [6.07, 6.45) is -8.53. The third-order valence-corrected chi connectivity index (χ3v) is 3.47. The van der Waals surface area contributed by atoms with Gasteiger partial charge in [0, 0.05) is 23.8 Å². The van der Waals surface area contributed by atoms with Crippen LogP contribution in [0.3, 0.4) is 0 Å². The lowest BCUT2D eigenvalue weighted by Crippen LogP contribution is -2.23. The van der Waals surface area contributed by atoms with E-state index in [1.807, 2.05) is 5.32 Å². The monoisotopic (exact) mass is 381 g/mol. The van der Waals surface area contributed by atoms with Crippen molar-refractivity contribution < 1.29 is 31.1 Å². The van der Waals surface area contributed by atoms with Crippen LogP contribution in [0.15, 0.2) is 47.6 Å². The number of hydrogen-bond donors (Lipinski definition) is 2. The fraction of sp³-hybridized carbons (Fsp3) is 0.143. The second-order valence-electron chi connectivity index (χ2n) is 4.62. The Hall–Kier alpha value is -2.43. The zero-order valence-electron chi connectivity index (χ0n) is 12.1. The van der Waals surface area contributed by atoms with Gasteiger partial charge in [-0.2, -0.15) is 26.3 Å². The van der Waals surface area contributed by atoms with Crippen molar-refractivity contribution in [1.29, 1.82) is 0 Å². The molecule has 0 saturated carbocycles. The summed E-state index contributed by atoms with van der Waals surface area (Å²) in [7, 11) is 0. The van der Waals surface area contributed by atoms with E-state index in [0.29, 0.717) is 17.2 Å². The first-order valence-electron chi connectivity index (χ1n) is 6.50. The van der Waals surface area contributed by atoms with Gasteiger partial charge < -0.3 is 5.32 Å². The minimum Gasteiger partial charge on any atom is -0.307 e. The number of anilines is 1. The Bertz CT molecular complexity index is 716. The van der Waals surface area contributed by atoms with E-state index in [4.69, 9.17) is 0 Å². The maximum Gasteiger partial charge on any atom is 0.416 e. The van der Waals surface area contributed by atoms with Crippen LogP contribution >= 0.6 is 11.9 Å². The minimum atomic E-state index is -4.99. The molecular weight excluding hydrogens is 372 g/mol. The van der Waals surface area contributed by atoms with Crippen LogP contribution < -0.4 is 10.0 Å². The number of nitrogens with zero attached hydrogens (tertiary/aromatic N) is 1. The van der Waals surface area contributed by atoms with Crippen molar-refractivity contribution in [1.82, 2.24) is 9.71 Å². The summed E-state index contributed by atoms with van der Waals surface area (Å²) in [5, 5.41) is 2.33. The number of aromatic nitrogens is 1. The third kappa shape index (κ3) is 5.55. The Morgan fingerprint density at radius 1 is 0.960 bits per heavy atom. The molecule has 2 rings (SSSR count). The maximum absolute atomic E-state index is 12.7. The van der Waals surface area contributed by atoms with Gasteiger partial charge in [-0.15, -0.1) is 0 Å². The maximum atomic E-state index is 12.7. The Labute approximate surface area is 141 Å². The van der Waals surface area contributed by atoms with Crippen LogP contribution in [0.4, 0.5) is 36.8 Å². The van der Waals surface area contributed by atoms with Gasteiger partial charge in [-0.05, 0) is 30.3 Å². The molecule has 1 aromatic carbocycles. The molecule has 134 valence electrons. The second kappa shape index (κ2) is 7.21. The average Bonchev–Trinajstić information content (AvgIpc) is 2.52. The number of benzene rings is 1. The lowest BCUT2D eigenvalue weighted by Gasteiger charge is -2.14. The van der Waals surface area contributed by atoms with Gasteiger partial charge in [0.1, 0.15) is 5.03 Å². The van der Waals surface area contributed by atoms with Crippen molar-refractivity contribution in [3.05, 3.63) is 53.7 Å². The standard InChI is InChI=1S/C14H9F6N3OS/c15-13(16,17)8-5-9(14(18,19)20)7-10(6-8)22-12(24)23-25-11-3-1-2-4-21-11/h1-7H,(H2,22,23,24). The van der Waals surface area contributed by atoms with E-state index < -0.39 is 35.2 Å². The van der Waals surface area contributed by atoms with Gasteiger partial charge >= 0.3 is 18.4 Å². The average molecular weight is 381 g/mol. The van der Waals surface area contributed by atoms with Gasteiger partial charge in [0.05, 0.1) is 11.1 Å². The molecule has 1 heterocycles. The summed E-state index contributed by atoms with van der Waals surface area (Å²) in [6.45, 7) is 0.